The van der Waals surface area contributed by atoms with Crippen LogP contribution in [-0.2, 0) is 4.79 Å². The van der Waals surface area contributed by atoms with E-state index in [1.807, 2.05) is 12.1 Å². The highest BCUT2D eigenvalue weighted by Crippen LogP contribution is 2.36. The van der Waals surface area contributed by atoms with Crippen molar-refractivity contribution in [3.05, 3.63) is 35.6 Å². The van der Waals surface area contributed by atoms with Crippen molar-refractivity contribution in [1.29, 1.82) is 0 Å². The van der Waals surface area contributed by atoms with Crippen molar-refractivity contribution in [3.63, 3.8) is 0 Å². The van der Waals surface area contributed by atoms with Crippen LogP contribution in [0.3, 0.4) is 0 Å². The first-order valence-electron chi connectivity index (χ1n) is 5.98. The molecule has 0 unspecified atom stereocenters. The molecule has 0 N–H and O–H groups in total. The quantitative estimate of drug-likeness (QED) is 0.710. The van der Waals surface area contributed by atoms with Gasteiger partial charge in [0.15, 0.2) is 0 Å². The van der Waals surface area contributed by atoms with E-state index in [1.165, 1.54) is 17.7 Å². The molecule has 0 amide bonds. The van der Waals surface area contributed by atoms with Crippen LogP contribution in [-0.4, -0.2) is 6.29 Å². The summed E-state index contributed by atoms with van der Waals surface area (Å²) >= 11 is 0. The maximum absolute atomic E-state index is 12.8. The summed E-state index contributed by atoms with van der Waals surface area (Å²) in [6.07, 6.45) is 6.24. The number of carbonyl (C=O) groups is 1. The Hall–Kier alpha value is -1.18. The number of aldehydes is 1. The minimum absolute atomic E-state index is 0.168. The van der Waals surface area contributed by atoms with Gasteiger partial charge in [-0.05, 0) is 55.2 Å². The maximum Gasteiger partial charge on any atom is 0.123 e. The van der Waals surface area contributed by atoms with E-state index in [-0.39, 0.29) is 5.82 Å². The van der Waals surface area contributed by atoms with Crippen molar-refractivity contribution in [2.24, 2.45) is 5.92 Å². The minimum Gasteiger partial charge on any atom is -0.303 e. The van der Waals surface area contributed by atoms with Gasteiger partial charge in [0.2, 0.25) is 0 Å². The van der Waals surface area contributed by atoms with Crippen molar-refractivity contribution < 1.29 is 9.18 Å². The SMILES string of the molecule is O=CCC1CCC(c2ccc(F)cc2)CC1. The van der Waals surface area contributed by atoms with E-state index < -0.39 is 0 Å². The standard InChI is InChI=1S/C14H17FO/c15-14-7-5-13(6-8-14)12-3-1-11(2-4-12)9-10-16/h5-8,10-12H,1-4,9H2. The zero-order valence-corrected chi connectivity index (χ0v) is 9.36. The number of hydrogen-bond donors (Lipinski definition) is 0. The normalized spacial score (nSPS) is 25.3. The molecule has 16 heavy (non-hydrogen) atoms. The van der Waals surface area contributed by atoms with Crippen LogP contribution >= 0.6 is 0 Å². The highest BCUT2D eigenvalue weighted by atomic mass is 19.1. The van der Waals surface area contributed by atoms with Crippen LogP contribution in [0.5, 0.6) is 0 Å². The number of benzene rings is 1. The largest absolute Gasteiger partial charge is 0.303 e. The van der Waals surface area contributed by atoms with Crippen LogP contribution in [0, 0.1) is 11.7 Å². The Balaban J connectivity index is 1.93. The van der Waals surface area contributed by atoms with Crippen molar-refractivity contribution in [1.82, 2.24) is 0 Å². The van der Waals surface area contributed by atoms with E-state index in [9.17, 15) is 9.18 Å². The lowest BCUT2D eigenvalue weighted by Gasteiger charge is -2.27. The molecule has 86 valence electrons. The molecule has 1 fully saturated rings. The highest BCUT2D eigenvalue weighted by molar-refractivity contribution is 5.49. The minimum atomic E-state index is -0.168. The lowest BCUT2D eigenvalue weighted by atomic mass is 9.78. The van der Waals surface area contributed by atoms with Crippen LogP contribution in [0.15, 0.2) is 24.3 Å². The van der Waals surface area contributed by atoms with Crippen LogP contribution in [0.2, 0.25) is 0 Å². The zero-order chi connectivity index (χ0) is 11.4. The van der Waals surface area contributed by atoms with Gasteiger partial charge in [-0.25, -0.2) is 4.39 Å². The number of carbonyl (C=O) groups excluding carboxylic acids is 1. The average Bonchev–Trinajstić information content (AvgIpc) is 2.32. The van der Waals surface area contributed by atoms with Crippen molar-refractivity contribution in [2.45, 2.75) is 38.0 Å². The molecule has 0 bridgehead atoms. The van der Waals surface area contributed by atoms with E-state index in [2.05, 4.69) is 0 Å². The number of hydrogen-bond acceptors (Lipinski definition) is 1. The lowest BCUT2D eigenvalue weighted by Crippen LogP contribution is -2.13. The molecule has 1 aromatic carbocycles. The molecule has 2 rings (SSSR count). The Labute approximate surface area is 95.7 Å². The Morgan fingerprint density at radius 2 is 1.75 bits per heavy atom. The van der Waals surface area contributed by atoms with Crippen LogP contribution < -0.4 is 0 Å². The third-order valence-corrected chi connectivity index (χ3v) is 3.62. The highest BCUT2D eigenvalue weighted by Gasteiger charge is 2.21. The first-order chi connectivity index (χ1) is 7.79. The molecule has 0 aromatic heterocycles. The number of halogens is 1. The fourth-order valence-corrected chi connectivity index (χ4v) is 2.60. The summed E-state index contributed by atoms with van der Waals surface area (Å²) in [5, 5.41) is 0. The first-order valence-corrected chi connectivity index (χ1v) is 5.98. The smallest absolute Gasteiger partial charge is 0.123 e. The molecule has 1 aliphatic rings. The molecule has 0 aliphatic heterocycles. The van der Waals surface area contributed by atoms with Gasteiger partial charge in [-0.15, -0.1) is 0 Å². The summed E-state index contributed by atoms with van der Waals surface area (Å²) in [4.78, 5) is 10.4. The van der Waals surface area contributed by atoms with Crippen molar-refractivity contribution in [3.8, 4) is 0 Å². The van der Waals surface area contributed by atoms with Gasteiger partial charge in [0, 0.05) is 6.42 Å². The summed E-state index contributed by atoms with van der Waals surface area (Å²) < 4.78 is 12.8. The summed E-state index contributed by atoms with van der Waals surface area (Å²) in [7, 11) is 0. The summed E-state index contributed by atoms with van der Waals surface area (Å²) in [5.41, 5.74) is 1.24. The topological polar surface area (TPSA) is 17.1 Å². The molecule has 1 aromatic rings. The van der Waals surface area contributed by atoms with Gasteiger partial charge in [-0.2, -0.15) is 0 Å². The Kier molecular flexibility index (Phi) is 3.70. The predicted molar refractivity (Wildman–Crippen MR) is 61.8 cm³/mol. The second-order valence-electron chi connectivity index (χ2n) is 4.67. The summed E-state index contributed by atoms with van der Waals surface area (Å²) in [5.74, 6) is 0.969. The van der Waals surface area contributed by atoms with E-state index in [1.54, 1.807) is 0 Å². The molecule has 0 heterocycles. The average molecular weight is 220 g/mol. The van der Waals surface area contributed by atoms with E-state index in [0.717, 1.165) is 32.0 Å². The lowest BCUT2D eigenvalue weighted by molar-refractivity contribution is -0.108. The van der Waals surface area contributed by atoms with Gasteiger partial charge in [0.05, 0.1) is 0 Å². The fraction of sp³-hybridized carbons (Fsp3) is 0.500. The number of rotatable bonds is 3. The summed E-state index contributed by atoms with van der Waals surface area (Å²) in [6.45, 7) is 0. The van der Waals surface area contributed by atoms with Gasteiger partial charge in [-0.3, -0.25) is 0 Å². The van der Waals surface area contributed by atoms with E-state index >= 15 is 0 Å². The van der Waals surface area contributed by atoms with Crippen LogP contribution in [0.1, 0.15) is 43.6 Å². The molecular formula is C14H17FO. The van der Waals surface area contributed by atoms with Gasteiger partial charge >= 0.3 is 0 Å². The monoisotopic (exact) mass is 220 g/mol. The predicted octanol–water partition coefficient (Wildman–Crippen LogP) is 3.69. The van der Waals surface area contributed by atoms with E-state index in [4.69, 9.17) is 0 Å². The third kappa shape index (κ3) is 2.69. The molecule has 1 aliphatic carbocycles. The molecule has 1 nitrogen and oxygen atoms in total. The second-order valence-corrected chi connectivity index (χ2v) is 4.67. The molecule has 0 atom stereocenters. The van der Waals surface area contributed by atoms with Gasteiger partial charge in [0.25, 0.3) is 0 Å². The summed E-state index contributed by atoms with van der Waals surface area (Å²) in [6, 6.07) is 6.85. The second kappa shape index (κ2) is 5.24. The molecular weight excluding hydrogens is 203 g/mol. The molecule has 0 radical (unpaired) electrons. The zero-order valence-electron chi connectivity index (χ0n) is 9.36. The molecule has 0 saturated heterocycles. The molecule has 1 saturated carbocycles. The Morgan fingerprint density at radius 1 is 1.12 bits per heavy atom. The third-order valence-electron chi connectivity index (χ3n) is 3.62. The Morgan fingerprint density at radius 3 is 2.31 bits per heavy atom. The maximum atomic E-state index is 12.8. The fourth-order valence-electron chi connectivity index (χ4n) is 2.60. The van der Waals surface area contributed by atoms with Crippen molar-refractivity contribution in [2.75, 3.05) is 0 Å². The molecule has 0 spiro atoms. The van der Waals surface area contributed by atoms with Crippen molar-refractivity contribution >= 4 is 6.29 Å². The van der Waals surface area contributed by atoms with Gasteiger partial charge in [-0.1, -0.05) is 12.1 Å². The van der Waals surface area contributed by atoms with E-state index in [0.29, 0.717) is 18.3 Å². The van der Waals surface area contributed by atoms with Gasteiger partial charge < -0.3 is 4.79 Å². The first kappa shape index (κ1) is 11.3. The Bertz CT molecular complexity index is 336. The molecule has 2 heteroatoms. The van der Waals surface area contributed by atoms with Crippen LogP contribution in [0.4, 0.5) is 4.39 Å². The van der Waals surface area contributed by atoms with Crippen LogP contribution in [0.25, 0.3) is 0 Å². The van der Waals surface area contributed by atoms with Gasteiger partial charge in [0.1, 0.15) is 12.1 Å².